The van der Waals surface area contributed by atoms with Crippen LogP contribution in [0.25, 0.3) is 0 Å². The van der Waals surface area contributed by atoms with Gasteiger partial charge in [-0.1, -0.05) is 0 Å². The van der Waals surface area contributed by atoms with Crippen LogP contribution in [0, 0.1) is 0 Å². The molecule has 0 saturated heterocycles. The molecule has 1 aliphatic rings. The Morgan fingerprint density at radius 1 is 1.04 bits per heavy atom. The van der Waals surface area contributed by atoms with E-state index >= 15 is 0 Å². The first-order chi connectivity index (χ1) is 12.0. The molecule has 0 amide bonds. The van der Waals surface area contributed by atoms with Crippen LogP contribution in [-0.4, -0.2) is 30.1 Å². The van der Waals surface area contributed by atoms with Gasteiger partial charge in [0.1, 0.15) is 5.75 Å². The molecule has 0 bridgehead atoms. The number of halogens is 6. The fraction of sp³-hybridized carbons (Fsp3) is 0.400. The summed E-state index contributed by atoms with van der Waals surface area (Å²) in [5.74, 6) is -1.76. The van der Waals surface area contributed by atoms with Crippen molar-refractivity contribution in [2.45, 2.75) is 31.6 Å². The summed E-state index contributed by atoms with van der Waals surface area (Å²) >= 11 is 0. The van der Waals surface area contributed by atoms with Crippen LogP contribution in [0.2, 0.25) is 0 Å². The topological polar surface area (TPSA) is 67.8 Å². The summed E-state index contributed by atoms with van der Waals surface area (Å²) in [6.45, 7) is -1.73. The number of hydrogen-bond donors (Lipinski definition) is 1. The molecule has 1 fully saturated rings. The van der Waals surface area contributed by atoms with Crippen LogP contribution in [0.15, 0.2) is 23.3 Å². The molecule has 0 unspecified atom stereocenters. The minimum absolute atomic E-state index is 0.0479. The third kappa shape index (κ3) is 5.20. The summed E-state index contributed by atoms with van der Waals surface area (Å²) < 4.78 is 79.7. The average Bonchev–Trinajstić information content (AvgIpc) is 2.51. The minimum Gasteiger partial charge on any atom is -0.482 e. The molecule has 0 aliphatic heterocycles. The van der Waals surface area contributed by atoms with Crippen molar-refractivity contribution in [3.05, 3.63) is 23.8 Å². The summed E-state index contributed by atoms with van der Waals surface area (Å²) in [7, 11) is 0. The molecule has 1 saturated carbocycles. The highest BCUT2D eigenvalue weighted by Gasteiger charge is 2.33. The molecule has 5 nitrogen and oxygen atoms in total. The molecule has 1 aromatic rings. The predicted molar refractivity (Wildman–Crippen MR) is 77.9 cm³/mol. The second-order valence-corrected chi connectivity index (χ2v) is 5.38. The zero-order chi connectivity index (χ0) is 19.5. The molecule has 0 heterocycles. The van der Waals surface area contributed by atoms with E-state index in [4.69, 9.17) is 0 Å². The van der Waals surface area contributed by atoms with Gasteiger partial charge in [0.2, 0.25) is 0 Å². The van der Waals surface area contributed by atoms with Crippen molar-refractivity contribution in [3.63, 3.8) is 0 Å². The van der Waals surface area contributed by atoms with Crippen molar-refractivity contribution >= 4 is 23.0 Å². The first-order valence-corrected chi connectivity index (χ1v) is 7.28. The van der Waals surface area contributed by atoms with Crippen LogP contribution in [0.4, 0.5) is 32.0 Å². The SMILES string of the molecule is O=C1CCCC(=O)C1=NNc1cc(C(F)(F)F)ccc1OCC(F)(F)F. The third-order valence-electron chi connectivity index (χ3n) is 3.32. The quantitative estimate of drug-likeness (QED) is 0.637. The van der Waals surface area contributed by atoms with Crippen molar-refractivity contribution in [1.82, 2.24) is 0 Å². The summed E-state index contributed by atoms with van der Waals surface area (Å²) in [4.78, 5) is 23.3. The van der Waals surface area contributed by atoms with Crippen LogP contribution < -0.4 is 10.2 Å². The fourth-order valence-corrected chi connectivity index (χ4v) is 2.12. The molecule has 1 N–H and O–H groups in total. The Morgan fingerprint density at radius 3 is 2.19 bits per heavy atom. The summed E-state index contributed by atoms with van der Waals surface area (Å²) in [6.07, 6.45) is -9.04. The molecule has 26 heavy (non-hydrogen) atoms. The van der Waals surface area contributed by atoms with Crippen LogP contribution >= 0.6 is 0 Å². The predicted octanol–water partition coefficient (Wildman–Crippen LogP) is 3.74. The highest BCUT2D eigenvalue weighted by molar-refractivity contribution is 6.67. The van der Waals surface area contributed by atoms with Crippen molar-refractivity contribution in [2.24, 2.45) is 5.10 Å². The summed E-state index contributed by atoms with van der Waals surface area (Å²) in [5, 5.41) is 3.48. The molecule has 0 atom stereocenters. The number of carbonyl (C=O) groups excluding carboxylic acids is 2. The van der Waals surface area contributed by atoms with Gasteiger partial charge < -0.3 is 4.74 Å². The Morgan fingerprint density at radius 2 is 1.65 bits per heavy atom. The van der Waals surface area contributed by atoms with Gasteiger partial charge in [0.05, 0.1) is 11.3 Å². The third-order valence-corrected chi connectivity index (χ3v) is 3.32. The smallest absolute Gasteiger partial charge is 0.422 e. The first-order valence-electron chi connectivity index (χ1n) is 7.28. The van der Waals surface area contributed by atoms with Crippen molar-refractivity contribution in [2.75, 3.05) is 12.0 Å². The highest BCUT2D eigenvalue weighted by Crippen LogP contribution is 2.35. The lowest BCUT2D eigenvalue weighted by Crippen LogP contribution is -2.29. The van der Waals surface area contributed by atoms with Gasteiger partial charge >= 0.3 is 12.4 Å². The number of rotatable bonds is 4. The van der Waals surface area contributed by atoms with Crippen molar-refractivity contribution in [3.8, 4) is 5.75 Å². The zero-order valence-corrected chi connectivity index (χ0v) is 13.0. The number of benzene rings is 1. The molecule has 1 aromatic carbocycles. The molecule has 1 aliphatic carbocycles. The highest BCUT2D eigenvalue weighted by atomic mass is 19.4. The number of carbonyl (C=O) groups is 2. The van der Waals surface area contributed by atoms with Crippen LogP contribution in [0.5, 0.6) is 5.75 Å². The van der Waals surface area contributed by atoms with Crippen molar-refractivity contribution in [1.29, 1.82) is 0 Å². The molecule has 0 aromatic heterocycles. The normalized spacial score (nSPS) is 15.8. The van der Waals surface area contributed by atoms with Gasteiger partial charge in [0, 0.05) is 12.8 Å². The van der Waals surface area contributed by atoms with E-state index in [2.05, 4.69) is 9.84 Å². The number of hydrogen-bond acceptors (Lipinski definition) is 5. The molecular weight excluding hydrogens is 370 g/mol. The molecular formula is C15H12F6N2O3. The van der Waals surface area contributed by atoms with E-state index in [0.29, 0.717) is 24.6 Å². The van der Waals surface area contributed by atoms with Crippen LogP contribution in [-0.2, 0) is 15.8 Å². The maximum absolute atomic E-state index is 12.8. The van der Waals surface area contributed by atoms with Gasteiger partial charge in [0.15, 0.2) is 23.9 Å². The molecule has 0 spiro atoms. The summed E-state index contributed by atoms with van der Waals surface area (Å²) in [5.41, 5.74) is -0.163. The lowest BCUT2D eigenvalue weighted by atomic mass is 9.96. The number of alkyl halides is 6. The molecule has 142 valence electrons. The maximum Gasteiger partial charge on any atom is 0.422 e. The van der Waals surface area contributed by atoms with Crippen molar-refractivity contribution < 1.29 is 40.7 Å². The largest absolute Gasteiger partial charge is 0.482 e. The maximum atomic E-state index is 12.8. The summed E-state index contributed by atoms with van der Waals surface area (Å²) in [6, 6.07) is 1.72. The van der Waals surface area contributed by atoms with Gasteiger partial charge in [0.25, 0.3) is 0 Å². The number of nitrogens with zero attached hydrogens (tertiary/aromatic N) is 1. The number of ether oxygens (including phenoxy) is 1. The Hall–Kier alpha value is -2.59. The standard InChI is InChI=1S/C15H12F6N2O3/c16-14(17,18)7-26-12-5-4-8(15(19,20)21)6-9(12)22-23-13-10(24)2-1-3-11(13)25/h4-6,22H,1-3,7H2. The van der Waals surface area contributed by atoms with Gasteiger partial charge in [-0.2, -0.15) is 31.4 Å². The Labute approximate surface area is 143 Å². The van der Waals surface area contributed by atoms with E-state index in [1.165, 1.54) is 0 Å². The van der Waals surface area contributed by atoms with Gasteiger partial charge in [-0.15, -0.1) is 0 Å². The van der Waals surface area contributed by atoms with Gasteiger partial charge in [-0.05, 0) is 24.6 Å². The molecule has 11 heteroatoms. The van der Waals surface area contributed by atoms with Crippen LogP contribution in [0.3, 0.4) is 0 Å². The Bertz CT molecular complexity index is 722. The lowest BCUT2D eigenvalue weighted by Gasteiger charge is -2.16. The van der Waals surface area contributed by atoms with E-state index in [1.54, 1.807) is 0 Å². The van der Waals surface area contributed by atoms with E-state index in [9.17, 15) is 35.9 Å². The Balaban J connectivity index is 2.33. The number of anilines is 1. The van der Waals surface area contributed by atoms with E-state index in [1.807, 2.05) is 5.43 Å². The number of hydrazone groups is 1. The lowest BCUT2D eigenvalue weighted by molar-refractivity contribution is -0.153. The Kier molecular flexibility index (Phi) is 5.57. The van der Waals surface area contributed by atoms with E-state index in [0.717, 1.165) is 0 Å². The monoisotopic (exact) mass is 382 g/mol. The molecule has 0 radical (unpaired) electrons. The second-order valence-electron chi connectivity index (χ2n) is 5.38. The second kappa shape index (κ2) is 7.34. The van der Waals surface area contributed by atoms with Gasteiger partial charge in [-0.3, -0.25) is 15.0 Å². The fourth-order valence-electron chi connectivity index (χ4n) is 2.12. The minimum atomic E-state index is -4.76. The number of nitrogens with one attached hydrogen (secondary N) is 1. The van der Waals surface area contributed by atoms with E-state index in [-0.39, 0.29) is 12.8 Å². The average molecular weight is 382 g/mol. The first kappa shape index (κ1) is 19.7. The number of Topliss-reactive ketones (excluding diaryl/α,β-unsaturated/α-hetero) is 2. The van der Waals surface area contributed by atoms with E-state index < -0.39 is 53.2 Å². The molecule has 2 rings (SSSR count). The number of ketones is 2. The zero-order valence-electron chi connectivity index (χ0n) is 13.0. The van der Waals surface area contributed by atoms with Crippen LogP contribution in [0.1, 0.15) is 24.8 Å². The van der Waals surface area contributed by atoms with Gasteiger partial charge in [-0.25, -0.2) is 0 Å².